The molecule has 3 rings (SSSR count). The van der Waals surface area contributed by atoms with E-state index in [1.54, 1.807) is 12.4 Å². The smallest absolute Gasteiger partial charge is 0.277 e. The van der Waals surface area contributed by atoms with Crippen LogP contribution in [0.25, 0.3) is 21.3 Å². The Bertz CT molecular complexity index is 721. The molecular weight excluding hydrogens is 246 g/mol. The van der Waals surface area contributed by atoms with Crippen LogP contribution in [0.4, 0.5) is 0 Å². The number of benzene rings is 1. The van der Waals surface area contributed by atoms with Gasteiger partial charge in [-0.25, -0.2) is 4.98 Å². The van der Waals surface area contributed by atoms with Crippen molar-refractivity contribution >= 4 is 27.5 Å². The maximum Gasteiger partial charge on any atom is 0.277 e. The van der Waals surface area contributed by atoms with Crippen molar-refractivity contribution in [2.24, 2.45) is 5.73 Å². The Morgan fingerprint density at radius 1 is 1.17 bits per heavy atom. The third-order valence-corrected chi connectivity index (χ3v) is 3.71. The number of thiazole rings is 1. The van der Waals surface area contributed by atoms with Gasteiger partial charge in [-0.05, 0) is 5.56 Å². The highest BCUT2D eigenvalue weighted by Crippen LogP contribution is 2.31. The highest BCUT2D eigenvalue weighted by atomic mass is 32.1. The van der Waals surface area contributed by atoms with Crippen molar-refractivity contribution in [1.82, 2.24) is 9.97 Å². The number of nitrogens with zero attached hydrogens (tertiary/aromatic N) is 2. The van der Waals surface area contributed by atoms with Crippen LogP contribution in [0.2, 0.25) is 0 Å². The van der Waals surface area contributed by atoms with Crippen molar-refractivity contribution in [2.45, 2.75) is 0 Å². The molecule has 0 aliphatic rings. The number of rotatable bonds is 2. The molecule has 0 bridgehead atoms. The second-order valence-electron chi connectivity index (χ2n) is 3.78. The first-order chi connectivity index (χ1) is 8.75. The second-order valence-corrected chi connectivity index (χ2v) is 4.78. The van der Waals surface area contributed by atoms with Crippen molar-refractivity contribution in [3.63, 3.8) is 0 Å². The Hall–Kier alpha value is -2.27. The van der Waals surface area contributed by atoms with Gasteiger partial charge in [0.05, 0.1) is 10.9 Å². The van der Waals surface area contributed by atoms with Gasteiger partial charge in [-0.15, -0.1) is 11.3 Å². The number of aromatic nitrogens is 2. The number of primary amides is 1. The van der Waals surface area contributed by atoms with Crippen LogP contribution in [0.5, 0.6) is 0 Å². The van der Waals surface area contributed by atoms with Gasteiger partial charge in [0.2, 0.25) is 0 Å². The first-order valence-electron chi connectivity index (χ1n) is 5.35. The summed E-state index contributed by atoms with van der Waals surface area (Å²) < 4.78 is 0.935. The molecule has 0 saturated heterocycles. The van der Waals surface area contributed by atoms with Gasteiger partial charge in [0.25, 0.3) is 5.91 Å². The lowest BCUT2D eigenvalue weighted by Gasteiger charge is -2.00. The third kappa shape index (κ3) is 1.74. The molecule has 1 amide bonds. The average Bonchev–Trinajstić information content (AvgIpc) is 2.83. The summed E-state index contributed by atoms with van der Waals surface area (Å²) in [6.07, 6.45) is 3.42. The van der Waals surface area contributed by atoms with Crippen LogP contribution < -0.4 is 5.73 Å². The molecule has 5 heteroatoms. The molecule has 0 radical (unpaired) electrons. The number of carbonyl (C=O) groups is 1. The summed E-state index contributed by atoms with van der Waals surface area (Å²) in [5.41, 5.74) is 7.98. The molecule has 1 aromatic carbocycles. The molecule has 0 atom stereocenters. The van der Waals surface area contributed by atoms with E-state index in [4.69, 9.17) is 5.73 Å². The SMILES string of the molecule is NC(=O)c1nc2cncc(-c3ccccc3)c2s1. The van der Waals surface area contributed by atoms with Crippen molar-refractivity contribution in [3.05, 3.63) is 47.7 Å². The van der Waals surface area contributed by atoms with E-state index >= 15 is 0 Å². The number of amides is 1. The van der Waals surface area contributed by atoms with E-state index in [9.17, 15) is 4.79 Å². The van der Waals surface area contributed by atoms with Crippen LogP contribution in [-0.2, 0) is 0 Å². The monoisotopic (exact) mass is 255 g/mol. The van der Waals surface area contributed by atoms with Crippen molar-refractivity contribution in [2.75, 3.05) is 0 Å². The topological polar surface area (TPSA) is 68.9 Å². The van der Waals surface area contributed by atoms with E-state index < -0.39 is 5.91 Å². The predicted octanol–water partition coefficient (Wildman–Crippen LogP) is 2.46. The minimum Gasteiger partial charge on any atom is -0.364 e. The first kappa shape index (κ1) is 10.9. The number of pyridine rings is 1. The molecule has 2 aromatic heterocycles. The zero-order chi connectivity index (χ0) is 12.5. The van der Waals surface area contributed by atoms with Gasteiger partial charge in [-0.1, -0.05) is 30.3 Å². The van der Waals surface area contributed by atoms with E-state index in [1.165, 1.54) is 11.3 Å². The summed E-state index contributed by atoms with van der Waals surface area (Å²) >= 11 is 1.30. The maximum atomic E-state index is 11.2. The second kappa shape index (κ2) is 4.19. The highest BCUT2D eigenvalue weighted by molar-refractivity contribution is 7.20. The average molecular weight is 255 g/mol. The largest absolute Gasteiger partial charge is 0.364 e. The van der Waals surface area contributed by atoms with Gasteiger partial charge in [0.15, 0.2) is 5.01 Å². The molecule has 0 fully saturated rings. The molecule has 18 heavy (non-hydrogen) atoms. The molecule has 2 N–H and O–H groups in total. The van der Waals surface area contributed by atoms with Gasteiger partial charge < -0.3 is 5.73 Å². The van der Waals surface area contributed by atoms with Gasteiger partial charge >= 0.3 is 0 Å². The fourth-order valence-electron chi connectivity index (χ4n) is 1.78. The lowest BCUT2D eigenvalue weighted by Crippen LogP contribution is -2.09. The fourth-order valence-corrected chi connectivity index (χ4v) is 2.70. The summed E-state index contributed by atoms with van der Waals surface area (Å²) in [6, 6.07) is 9.88. The van der Waals surface area contributed by atoms with Gasteiger partial charge in [0, 0.05) is 11.8 Å². The Kier molecular flexibility index (Phi) is 2.53. The molecule has 0 spiro atoms. The standard InChI is InChI=1S/C13H9N3OS/c14-12(17)13-16-10-7-15-6-9(11(10)18-13)8-4-2-1-3-5-8/h1-7H,(H2,14,17). The zero-order valence-electron chi connectivity index (χ0n) is 9.33. The fraction of sp³-hybridized carbons (Fsp3) is 0. The van der Waals surface area contributed by atoms with Crippen LogP contribution in [0.3, 0.4) is 0 Å². The molecule has 0 aliphatic carbocycles. The van der Waals surface area contributed by atoms with Gasteiger partial charge in [-0.3, -0.25) is 9.78 Å². The summed E-state index contributed by atoms with van der Waals surface area (Å²) in [5.74, 6) is -0.504. The minimum absolute atomic E-state index is 0.315. The van der Waals surface area contributed by atoms with E-state index in [0.29, 0.717) is 10.5 Å². The van der Waals surface area contributed by atoms with Crippen LogP contribution in [0.1, 0.15) is 9.80 Å². The summed E-state index contributed by atoms with van der Waals surface area (Å²) in [7, 11) is 0. The van der Waals surface area contributed by atoms with E-state index in [0.717, 1.165) is 15.8 Å². The maximum absolute atomic E-state index is 11.2. The minimum atomic E-state index is -0.504. The Balaban J connectivity index is 2.27. The van der Waals surface area contributed by atoms with Gasteiger partial charge in [-0.2, -0.15) is 0 Å². The molecule has 0 saturated carbocycles. The predicted molar refractivity (Wildman–Crippen MR) is 71.4 cm³/mol. The lowest BCUT2D eigenvalue weighted by molar-refractivity contribution is 0.1000. The van der Waals surface area contributed by atoms with Crippen molar-refractivity contribution in [1.29, 1.82) is 0 Å². The Morgan fingerprint density at radius 2 is 1.94 bits per heavy atom. The van der Waals surface area contributed by atoms with Crippen molar-refractivity contribution in [3.8, 4) is 11.1 Å². The molecule has 2 heterocycles. The first-order valence-corrected chi connectivity index (χ1v) is 6.17. The number of carbonyl (C=O) groups excluding carboxylic acids is 1. The molecule has 0 aliphatic heterocycles. The van der Waals surface area contributed by atoms with Gasteiger partial charge in [0.1, 0.15) is 5.52 Å². The molecule has 4 nitrogen and oxygen atoms in total. The third-order valence-electron chi connectivity index (χ3n) is 2.59. The molecular formula is C13H9N3OS. The Morgan fingerprint density at radius 3 is 2.67 bits per heavy atom. The van der Waals surface area contributed by atoms with E-state index in [2.05, 4.69) is 9.97 Å². The van der Waals surface area contributed by atoms with E-state index in [-0.39, 0.29) is 0 Å². The summed E-state index contributed by atoms with van der Waals surface area (Å²) in [4.78, 5) is 19.5. The summed E-state index contributed by atoms with van der Waals surface area (Å²) in [6.45, 7) is 0. The number of fused-ring (bicyclic) bond motifs is 1. The van der Waals surface area contributed by atoms with Crippen LogP contribution in [0.15, 0.2) is 42.7 Å². The highest BCUT2D eigenvalue weighted by Gasteiger charge is 2.12. The summed E-state index contributed by atoms with van der Waals surface area (Å²) in [5, 5.41) is 0.315. The molecule has 88 valence electrons. The van der Waals surface area contributed by atoms with Crippen molar-refractivity contribution < 1.29 is 4.79 Å². The van der Waals surface area contributed by atoms with Crippen LogP contribution in [0, 0.1) is 0 Å². The van der Waals surface area contributed by atoms with E-state index in [1.807, 2.05) is 30.3 Å². The van der Waals surface area contributed by atoms with Crippen LogP contribution in [-0.4, -0.2) is 15.9 Å². The molecule has 0 unspecified atom stereocenters. The lowest BCUT2D eigenvalue weighted by atomic mass is 10.1. The number of nitrogens with two attached hydrogens (primary N) is 1. The number of hydrogen-bond acceptors (Lipinski definition) is 4. The molecule has 3 aromatic rings. The Labute approximate surface area is 107 Å². The van der Waals surface area contributed by atoms with Crippen LogP contribution >= 0.6 is 11.3 Å². The number of hydrogen-bond donors (Lipinski definition) is 1. The zero-order valence-corrected chi connectivity index (χ0v) is 10.1. The normalized spacial score (nSPS) is 10.7. The quantitative estimate of drug-likeness (QED) is 0.764.